The Morgan fingerprint density at radius 1 is 0.787 bits per heavy atom. The second-order valence-electron chi connectivity index (χ2n) is 18.6. The van der Waals surface area contributed by atoms with Crippen molar-refractivity contribution in [3.05, 3.63) is 106 Å². The minimum absolute atomic E-state index is 0.0661. The zero-order valence-electron chi connectivity index (χ0n) is 42.0. The zero-order valence-corrected chi connectivity index (χ0v) is 43.7. The van der Waals surface area contributed by atoms with Gasteiger partial charge in [-0.3, -0.25) is 48.5 Å². The molecule has 25 heteroatoms. The third kappa shape index (κ3) is 16.9. The molecule has 3 aromatic carbocycles. The fourth-order valence-electron chi connectivity index (χ4n) is 8.03. The van der Waals surface area contributed by atoms with Crippen LogP contribution in [0.3, 0.4) is 0 Å². The highest BCUT2D eigenvalue weighted by molar-refractivity contribution is 8.76. The number of likely N-dealkylation sites (N-methyl/N-ethyl adjacent to an activating group) is 1. The predicted octanol–water partition coefficient (Wildman–Crippen LogP) is 0.558. The second kappa shape index (κ2) is 27.9. The SMILES string of the molecule is CC(C)[C@@H]1NC(=O)[C@H](CCCCN)NC(=O)[C@@H](Cc2c[nH]c3ccccc23)NC(=O)[C@H](Cc2ccc(O)cc2)NC(=O)[C@@H](NC(=O)[C@@H](N)Cc2ccc([N+](=O)[O-])cc2)CSSC[C@@H](C(=O)N(C)[C@@H](C)C(N)=O)NC1=O. The first-order chi connectivity index (χ1) is 35.7. The Morgan fingerprint density at radius 2 is 1.39 bits per heavy atom. The van der Waals surface area contributed by atoms with Crippen LogP contribution in [0.15, 0.2) is 79.0 Å². The molecule has 4 aromatic rings. The number of nitrogens with two attached hydrogens (primary N) is 3. The molecule has 2 heterocycles. The number of para-hydroxylation sites is 1. The van der Waals surface area contributed by atoms with E-state index in [-0.39, 0.29) is 55.2 Å². The summed E-state index contributed by atoms with van der Waals surface area (Å²) in [7, 11) is 3.37. The normalized spacial score (nSPS) is 21.3. The van der Waals surface area contributed by atoms with Gasteiger partial charge in [-0.25, -0.2) is 0 Å². The van der Waals surface area contributed by atoms with Gasteiger partial charge >= 0.3 is 0 Å². The van der Waals surface area contributed by atoms with Crippen molar-refractivity contribution >= 4 is 85.4 Å². The number of amides is 8. The second-order valence-corrected chi connectivity index (χ2v) is 21.1. The van der Waals surface area contributed by atoms with Crippen LogP contribution in [0.2, 0.25) is 0 Å². The fraction of sp³-hybridized carbons (Fsp3) is 0.440. The third-order valence-electron chi connectivity index (χ3n) is 12.6. The van der Waals surface area contributed by atoms with Crippen LogP contribution in [0.4, 0.5) is 5.69 Å². The van der Waals surface area contributed by atoms with Gasteiger partial charge in [-0.2, -0.15) is 0 Å². The van der Waals surface area contributed by atoms with Crippen LogP contribution in [0.25, 0.3) is 10.9 Å². The van der Waals surface area contributed by atoms with Crippen LogP contribution in [0, 0.1) is 16.0 Å². The number of hydrogen-bond acceptors (Lipinski definition) is 15. The predicted molar refractivity (Wildman–Crippen MR) is 284 cm³/mol. The number of nitro groups is 1. The van der Waals surface area contributed by atoms with Crippen molar-refractivity contribution < 1.29 is 48.4 Å². The summed E-state index contributed by atoms with van der Waals surface area (Å²) in [6.07, 6.45) is 2.25. The molecular weight excluding hydrogens is 1010 g/mol. The highest BCUT2D eigenvalue weighted by Crippen LogP contribution is 2.25. The Labute approximate surface area is 441 Å². The van der Waals surface area contributed by atoms with E-state index in [1.807, 2.05) is 18.2 Å². The van der Waals surface area contributed by atoms with E-state index >= 15 is 0 Å². The molecule has 75 heavy (non-hydrogen) atoms. The number of carbonyl (C=O) groups is 8. The van der Waals surface area contributed by atoms with Gasteiger partial charge in [0, 0.05) is 60.6 Å². The highest BCUT2D eigenvalue weighted by Gasteiger charge is 2.37. The van der Waals surface area contributed by atoms with Gasteiger partial charge < -0.3 is 64.1 Å². The van der Waals surface area contributed by atoms with Crippen LogP contribution >= 0.6 is 21.6 Å². The van der Waals surface area contributed by atoms with Crippen LogP contribution in [0.5, 0.6) is 5.75 Å². The van der Waals surface area contributed by atoms with Crippen LogP contribution in [0.1, 0.15) is 56.7 Å². The topological polar surface area (TPSA) is 369 Å². The number of benzene rings is 3. The van der Waals surface area contributed by atoms with E-state index in [4.69, 9.17) is 17.2 Å². The molecule has 0 unspecified atom stereocenters. The molecule has 1 aliphatic rings. The first-order valence-corrected chi connectivity index (χ1v) is 26.8. The number of carbonyl (C=O) groups excluding carboxylic acids is 8. The Balaban J connectivity index is 1.58. The van der Waals surface area contributed by atoms with Crippen LogP contribution in [-0.2, 0) is 57.6 Å². The maximum absolute atomic E-state index is 14.8. The summed E-state index contributed by atoms with van der Waals surface area (Å²) in [6.45, 7) is 5.03. The van der Waals surface area contributed by atoms with Gasteiger partial charge in [0.25, 0.3) is 5.69 Å². The van der Waals surface area contributed by atoms with Gasteiger partial charge in [0.2, 0.25) is 47.3 Å². The maximum atomic E-state index is 14.8. The number of non-ortho nitro benzene ring substituents is 1. The lowest BCUT2D eigenvalue weighted by Gasteiger charge is -2.31. The molecule has 5 rings (SSSR count). The first kappa shape index (κ1) is 58.7. The van der Waals surface area contributed by atoms with E-state index in [0.29, 0.717) is 29.5 Å². The molecule has 1 saturated heterocycles. The molecule has 0 aliphatic carbocycles. The van der Waals surface area contributed by atoms with E-state index in [9.17, 15) is 53.6 Å². The molecule has 0 spiro atoms. The Kier molecular flexibility index (Phi) is 21.8. The number of phenols is 1. The number of nitro benzene ring substituents is 1. The molecule has 1 aromatic heterocycles. The van der Waals surface area contributed by atoms with Crippen molar-refractivity contribution in [1.82, 2.24) is 41.8 Å². The van der Waals surface area contributed by atoms with Crippen molar-refractivity contribution in [2.45, 2.75) is 108 Å². The Morgan fingerprint density at radius 3 is 2.03 bits per heavy atom. The smallest absolute Gasteiger partial charge is 0.269 e. The summed E-state index contributed by atoms with van der Waals surface area (Å²) in [5, 5.41) is 38.6. The maximum Gasteiger partial charge on any atom is 0.269 e. The number of unbranched alkanes of at least 4 members (excludes halogenated alkanes) is 1. The molecule has 1 aliphatic heterocycles. The van der Waals surface area contributed by atoms with Crippen LogP contribution < -0.4 is 49.1 Å². The number of primary amides is 1. The minimum atomic E-state index is -1.44. The molecule has 23 nitrogen and oxygen atoms in total. The lowest BCUT2D eigenvalue weighted by Crippen LogP contribution is -2.61. The zero-order chi connectivity index (χ0) is 54.9. The third-order valence-corrected chi connectivity index (χ3v) is 15.1. The summed E-state index contributed by atoms with van der Waals surface area (Å²) < 4.78 is 0. The average molecular weight is 1080 g/mol. The van der Waals surface area contributed by atoms with Gasteiger partial charge in [0.1, 0.15) is 48.0 Å². The molecule has 0 saturated carbocycles. The average Bonchev–Trinajstić information content (AvgIpc) is 3.79. The van der Waals surface area contributed by atoms with E-state index in [0.717, 1.165) is 37.4 Å². The number of aromatic hydroxyl groups is 1. The van der Waals surface area contributed by atoms with Crippen molar-refractivity contribution in [2.75, 3.05) is 25.1 Å². The van der Waals surface area contributed by atoms with E-state index in [1.165, 1.54) is 62.5 Å². The lowest BCUT2D eigenvalue weighted by molar-refractivity contribution is -0.384. The molecular formula is C50H66N12O11S2. The molecule has 1 fully saturated rings. The molecule has 8 amide bonds. The number of aromatic nitrogens is 1. The van der Waals surface area contributed by atoms with E-state index in [2.05, 4.69) is 36.9 Å². The highest BCUT2D eigenvalue weighted by atomic mass is 33.1. The minimum Gasteiger partial charge on any atom is -0.508 e. The van der Waals surface area contributed by atoms with Crippen molar-refractivity contribution in [1.29, 1.82) is 0 Å². The first-order valence-electron chi connectivity index (χ1n) is 24.3. The number of hydrogen-bond donors (Lipinski definition) is 11. The molecule has 404 valence electrons. The van der Waals surface area contributed by atoms with Crippen molar-refractivity contribution in [3.63, 3.8) is 0 Å². The summed E-state index contributed by atoms with van der Waals surface area (Å²) in [5.74, 6) is -7.33. The number of fused-ring (bicyclic) bond motifs is 1. The molecule has 0 bridgehead atoms. The Bertz CT molecular complexity index is 2670. The van der Waals surface area contributed by atoms with Crippen LogP contribution in [-0.4, -0.2) is 141 Å². The van der Waals surface area contributed by atoms with Gasteiger partial charge in [-0.05, 0) is 80.0 Å². The van der Waals surface area contributed by atoms with Crippen molar-refractivity contribution in [2.24, 2.45) is 23.1 Å². The molecule has 14 N–H and O–H groups in total. The number of nitrogens with one attached hydrogen (secondary N) is 7. The van der Waals surface area contributed by atoms with Gasteiger partial charge in [0.15, 0.2) is 0 Å². The Hall–Kier alpha value is -7.22. The number of aromatic amines is 1. The molecule has 8 atom stereocenters. The summed E-state index contributed by atoms with van der Waals surface area (Å²) in [5.41, 5.74) is 19.9. The molecule has 0 radical (unpaired) electrons. The number of phenolic OH excluding ortho intramolecular Hbond substituents is 1. The van der Waals surface area contributed by atoms with Crippen molar-refractivity contribution in [3.8, 4) is 5.75 Å². The van der Waals surface area contributed by atoms with Gasteiger partial charge in [-0.1, -0.05) is 77.9 Å². The van der Waals surface area contributed by atoms with E-state index in [1.54, 1.807) is 26.1 Å². The summed E-state index contributed by atoms with van der Waals surface area (Å²) >= 11 is 0. The number of nitrogens with zero attached hydrogens (tertiary/aromatic N) is 2. The van der Waals surface area contributed by atoms with Gasteiger partial charge in [0.05, 0.1) is 11.0 Å². The van der Waals surface area contributed by atoms with E-state index < -0.39 is 106 Å². The fourth-order valence-corrected chi connectivity index (χ4v) is 10.4. The standard InChI is InChI=1S/C50H66N12O11S2/c1-27(2)42-49(70)59-41(50(71)61(4)28(3)43(53)64)26-75-74-25-40(58-44(65)35(52)21-29-12-16-32(17-13-29)62(72)73)48(69)56-38(22-30-14-18-33(63)19-15-30)46(67)57-39(23-31-24-54-36-10-6-5-9-34(31)36)47(68)55-37(45(66)60-42)11-7-8-20-51/h5-6,9-10,12-19,24,27-28,35,37-42,54,63H,7-8,11,20-23,25-26,51-52H2,1-4H3,(H2,53,64)(H,55,68)(H,56,69)(H,57,67)(H,58,65)(H,59,70)(H,60,66)/t28-,35-,37-,38-,39+,40-,41-,42-/m0/s1. The summed E-state index contributed by atoms with van der Waals surface area (Å²) in [6, 6.07) is 8.08. The number of rotatable bonds is 17. The quantitative estimate of drug-likeness (QED) is 0.0298. The lowest BCUT2D eigenvalue weighted by atomic mass is 10.00. The largest absolute Gasteiger partial charge is 0.508 e. The number of H-pyrrole nitrogens is 1. The monoisotopic (exact) mass is 1070 g/mol. The van der Waals surface area contributed by atoms with Gasteiger partial charge in [-0.15, -0.1) is 0 Å². The summed E-state index contributed by atoms with van der Waals surface area (Å²) in [4.78, 5) is 128.